The molecule has 0 aliphatic carbocycles. The average molecular weight is 695 g/mol. The number of ether oxygens (including phenoxy) is 1. The maximum Gasteiger partial charge on any atom is 0.329 e. The smallest absolute Gasteiger partial charge is 0.329 e. The van der Waals surface area contributed by atoms with Gasteiger partial charge in [0, 0.05) is 25.3 Å². The van der Waals surface area contributed by atoms with Gasteiger partial charge in [0.15, 0.2) is 4.93 Å². The number of hydrogen-bond donors (Lipinski definition) is 4. The van der Waals surface area contributed by atoms with Gasteiger partial charge in [-0.25, -0.2) is 0 Å². The van der Waals surface area contributed by atoms with Crippen LogP contribution in [-0.2, 0) is 13.8 Å². The summed E-state index contributed by atoms with van der Waals surface area (Å²) in [7, 11) is -5.49. The Bertz CT molecular complexity index is 1300. The fourth-order valence-corrected chi connectivity index (χ4v) is 10.9. The van der Waals surface area contributed by atoms with Crippen LogP contribution in [0.1, 0.15) is 6.92 Å². The molecule has 2 atom stereocenters. The van der Waals surface area contributed by atoms with Crippen molar-refractivity contribution in [3.05, 3.63) is 121 Å². The third kappa shape index (κ3) is 10.7. The predicted octanol–water partition coefficient (Wildman–Crippen LogP) is 8.37. The quantitative estimate of drug-likeness (QED) is 0.0487. The summed E-state index contributed by atoms with van der Waals surface area (Å²) in [4.78, 5) is 42.4. The lowest BCUT2D eigenvalue weighted by Crippen LogP contribution is -2.53. The van der Waals surface area contributed by atoms with Gasteiger partial charge in [-0.15, -0.1) is 11.8 Å². The molecule has 0 heterocycles. The van der Waals surface area contributed by atoms with Gasteiger partial charge in [-0.05, 0) is 55.5 Å². The highest BCUT2D eigenvalue weighted by atomic mass is 32.2. The van der Waals surface area contributed by atoms with E-state index in [1.165, 1.54) is 35.3 Å². The van der Waals surface area contributed by atoms with Crippen LogP contribution in [0.15, 0.2) is 141 Å². The van der Waals surface area contributed by atoms with Crippen molar-refractivity contribution in [2.24, 2.45) is 0 Å². The van der Waals surface area contributed by atoms with Crippen LogP contribution in [0.25, 0.3) is 0 Å². The maximum absolute atomic E-state index is 10.6. The number of thioether (sulfide) groups is 4. The van der Waals surface area contributed by atoms with E-state index in [1.807, 2.05) is 121 Å². The molecule has 7 nitrogen and oxygen atoms in total. The fraction of sp³-hybridized carbons (Fsp3) is 0.200. The van der Waals surface area contributed by atoms with Gasteiger partial charge in [-0.1, -0.05) is 108 Å². The second-order valence-corrected chi connectivity index (χ2v) is 15.5. The summed E-state index contributed by atoms with van der Waals surface area (Å²) >= 11 is 5.61. The molecule has 4 aromatic rings. The first-order chi connectivity index (χ1) is 20.8. The first-order valence-electron chi connectivity index (χ1n) is 13.0. The maximum atomic E-state index is 10.6. The highest BCUT2D eigenvalue weighted by molar-refractivity contribution is 8.19. The number of benzene rings is 4. The largest absolute Gasteiger partial charge is 0.355 e. The lowest BCUT2D eigenvalue weighted by Gasteiger charge is -2.48. The first-order valence-corrected chi connectivity index (χ1v) is 18.8. The molecule has 0 aliphatic heterocycles. The molecule has 0 radical (unpaired) electrons. The first kappa shape index (κ1) is 34.7. The van der Waals surface area contributed by atoms with E-state index in [9.17, 15) is 19.6 Å². The normalized spacial score (nSPS) is 14.1. The molecule has 0 bridgehead atoms. The van der Waals surface area contributed by atoms with Crippen LogP contribution in [0.2, 0.25) is 0 Å². The topological polar surface area (TPSA) is 109 Å². The van der Waals surface area contributed by atoms with Crippen molar-refractivity contribution in [2.75, 3.05) is 12.4 Å². The molecular weight excluding hydrogens is 663 g/mol. The minimum Gasteiger partial charge on any atom is -0.355 e. The zero-order valence-corrected chi connectivity index (χ0v) is 28.1. The van der Waals surface area contributed by atoms with Crippen LogP contribution >= 0.6 is 64.3 Å². The molecule has 2 unspecified atom stereocenters. The van der Waals surface area contributed by atoms with Crippen LogP contribution in [-0.4, -0.2) is 47.2 Å². The van der Waals surface area contributed by atoms with E-state index in [0.717, 1.165) is 19.6 Å². The Morgan fingerprint density at radius 3 is 1.44 bits per heavy atom. The van der Waals surface area contributed by atoms with Crippen LogP contribution in [0.5, 0.6) is 0 Å². The standard InChI is InChI=1S/C30H32O7P2S4/c1-24(36-38(31)32)22-35-29(41-26-16-8-3-9-17-26,23-40-25-14-6-2-7-15-25)30(37-39(33)34,42-27-18-10-4-11-19-27)43-28-20-12-5-13-21-28/h2-21,24,31-34H,22-23H2,1H3. The summed E-state index contributed by atoms with van der Waals surface area (Å²) in [5.74, 6) is 0.305. The Kier molecular flexibility index (Phi) is 14.2. The Labute approximate surface area is 271 Å². The Balaban J connectivity index is 1.92. The minimum atomic E-state index is -2.88. The van der Waals surface area contributed by atoms with Gasteiger partial charge >= 0.3 is 17.2 Å². The fourth-order valence-electron chi connectivity index (χ4n) is 3.84. The third-order valence-corrected chi connectivity index (χ3v) is 12.8. The van der Waals surface area contributed by atoms with Gasteiger partial charge in [-0.3, -0.25) is 4.52 Å². The average Bonchev–Trinajstić information content (AvgIpc) is 3.00. The van der Waals surface area contributed by atoms with E-state index in [-0.39, 0.29) is 6.61 Å². The van der Waals surface area contributed by atoms with Gasteiger partial charge in [0.05, 0.1) is 12.7 Å². The highest BCUT2D eigenvalue weighted by Gasteiger charge is 2.58. The molecule has 0 saturated carbocycles. The summed E-state index contributed by atoms with van der Waals surface area (Å²) < 4.78 is 16.9. The summed E-state index contributed by atoms with van der Waals surface area (Å²) in [6.45, 7) is 1.64. The van der Waals surface area contributed by atoms with E-state index in [4.69, 9.17) is 13.8 Å². The predicted molar refractivity (Wildman–Crippen MR) is 180 cm³/mol. The molecule has 43 heavy (non-hydrogen) atoms. The Morgan fingerprint density at radius 1 is 0.605 bits per heavy atom. The van der Waals surface area contributed by atoms with Crippen molar-refractivity contribution in [3.8, 4) is 0 Å². The van der Waals surface area contributed by atoms with E-state index < -0.39 is 32.5 Å². The zero-order chi connectivity index (χ0) is 30.5. The van der Waals surface area contributed by atoms with Gasteiger partial charge in [0.2, 0.25) is 4.27 Å². The second kappa shape index (κ2) is 17.5. The molecule has 13 heteroatoms. The molecule has 0 fully saturated rings. The van der Waals surface area contributed by atoms with Crippen molar-refractivity contribution in [2.45, 2.75) is 41.8 Å². The summed E-state index contributed by atoms with van der Waals surface area (Å²) in [6, 6.07) is 38.8. The summed E-state index contributed by atoms with van der Waals surface area (Å²) in [5, 5.41) is 0. The minimum absolute atomic E-state index is 0.0419. The molecule has 0 aromatic heterocycles. The van der Waals surface area contributed by atoms with Gasteiger partial charge < -0.3 is 28.8 Å². The van der Waals surface area contributed by atoms with Crippen LogP contribution in [0.3, 0.4) is 0 Å². The van der Waals surface area contributed by atoms with Crippen molar-refractivity contribution >= 4 is 64.3 Å². The van der Waals surface area contributed by atoms with Crippen LogP contribution in [0, 0.1) is 0 Å². The van der Waals surface area contributed by atoms with E-state index >= 15 is 0 Å². The molecular formula is C30H32O7P2S4. The molecule has 0 spiro atoms. The van der Waals surface area contributed by atoms with Gasteiger partial charge in [0.25, 0.3) is 0 Å². The zero-order valence-electron chi connectivity index (χ0n) is 23.1. The Hall–Kier alpha value is -1.14. The van der Waals surface area contributed by atoms with Crippen LogP contribution < -0.4 is 0 Å². The van der Waals surface area contributed by atoms with E-state index in [1.54, 1.807) is 18.7 Å². The second-order valence-electron chi connectivity index (χ2n) is 8.98. The molecule has 4 rings (SSSR count). The monoisotopic (exact) mass is 694 g/mol. The number of rotatable bonds is 17. The molecule has 0 amide bonds. The lowest BCUT2D eigenvalue weighted by molar-refractivity contribution is -0.0476. The molecule has 4 N–H and O–H groups in total. The summed E-state index contributed by atoms with van der Waals surface area (Å²) in [5.41, 5.74) is 0. The third-order valence-electron chi connectivity index (χ3n) is 5.68. The molecule has 0 aliphatic rings. The van der Waals surface area contributed by atoms with Crippen molar-refractivity contribution in [1.29, 1.82) is 0 Å². The highest BCUT2D eigenvalue weighted by Crippen LogP contribution is 2.63. The SMILES string of the molecule is CC(COC(CSc1ccccc1)(Sc1ccccc1)C(OP(O)O)(Sc1ccccc1)Sc1ccccc1)OP(O)O. The van der Waals surface area contributed by atoms with Gasteiger partial charge in [-0.2, -0.15) is 0 Å². The molecule has 228 valence electrons. The lowest BCUT2D eigenvalue weighted by atomic mass is 10.3. The van der Waals surface area contributed by atoms with Crippen molar-refractivity contribution < 1.29 is 33.4 Å². The van der Waals surface area contributed by atoms with Crippen molar-refractivity contribution in [1.82, 2.24) is 0 Å². The number of hydrogen-bond acceptors (Lipinski definition) is 11. The molecule has 0 saturated heterocycles. The Morgan fingerprint density at radius 2 is 1.02 bits per heavy atom. The van der Waals surface area contributed by atoms with E-state index in [2.05, 4.69) is 0 Å². The van der Waals surface area contributed by atoms with Crippen LogP contribution in [0.4, 0.5) is 0 Å². The van der Waals surface area contributed by atoms with Crippen molar-refractivity contribution in [3.63, 3.8) is 0 Å². The van der Waals surface area contributed by atoms with Gasteiger partial charge in [0.1, 0.15) is 0 Å². The van der Waals surface area contributed by atoms with E-state index in [0.29, 0.717) is 5.75 Å². The summed E-state index contributed by atoms with van der Waals surface area (Å²) in [6.07, 6.45) is -0.690. The molecule has 4 aromatic carbocycles.